The first-order chi connectivity index (χ1) is 12.5. The maximum Gasteiger partial charge on any atom is 0.269 e. The number of nitrogens with one attached hydrogen (secondary N) is 1. The van der Waals surface area contributed by atoms with E-state index >= 15 is 0 Å². The molecular weight excluding hydrogens is 406 g/mol. The van der Waals surface area contributed by atoms with Crippen molar-refractivity contribution in [1.82, 2.24) is 9.88 Å². The van der Waals surface area contributed by atoms with E-state index in [1.54, 1.807) is 0 Å². The highest BCUT2D eigenvalue weighted by Gasteiger charge is 2.17. The van der Waals surface area contributed by atoms with E-state index in [9.17, 15) is 4.79 Å². The van der Waals surface area contributed by atoms with Crippen LogP contribution < -0.4 is 10.1 Å². The highest BCUT2D eigenvalue weighted by molar-refractivity contribution is 7.80. The van der Waals surface area contributed by atoms with Gasteiger partial charge in [-0.25, -0.2) is 0 Å². The summed E-state index contributed by atoms with van der Waals surface area (Å²) < 4.78 is 4.02. The van der Waals surface area contributed by atoms with E-state index < -0.39 is 0 Å². The monoisotopic (exact) mass is 417 g/mol. The molecule has 2 aromatic carbocycles. The number of nitrogens with zero attached hydrogens (tertiary/aromatic N) is 2. The average Bonchev–Trinajstić information content (AvgIpc) is 3.13. The van der Waals surface area contributed by atoms with E-state index in [0.29, 0.717) is 9.90 Å². The highest BCUT2D eigenvalue weighted by Crippen LogP contribution is 2.34. The van der Waals surface area contributed by atoms with Gasteiger partial charge in [-0.2, -0.15) is 4.99 Å². The first-order valence-electron chi connectivity index (χ1n) is 7.66. The predicted molar refractivity (Wildman–Crippen MR) is 113 cm³/mol. The Morgan fingerprint density at radius 1 is 1.12 bits per heavy atom. The van der Waals surface area contributed by atoms with Gasteiger partial charge in [-0.05, 0) is 30.4 Å². The summed E-state index contributed by atoms with van der Waals surface area (Å²) in [6.07, 6.45) is 0. The van der Waals surface area contributed by atoms with E-state index in [-0.39, 0.29) is 11.0 Å². The van der Waals surface area contributed by atoms with Gasteiger partial charge in [0.15, 0.2) is 4.80 Å². The second-order valence-electron chi connectivity index (χ2n) is 5.52. The maximum atomic E-state index is 12.6. The van der Waals surface area contributed by atoms with Crippen LogP contribution >= 0.6 is 46.5 Å². The Morgan fingerprint density at radius 3 is 2.54 bits per heavy atom. The molecule has 130 valence electrons. The molecule has 0 aliphatic rings. The van der Waals surface area contributed by atoms with Crippen molar-refractivity contribution in [3.05, 3.63) is 63.2 Å². The zero-order chi connectivity index (χ0) is 18.3. The predicted octanol–water partition coefficient (Wildman–Crippen LogP) is 4.72. The first-order valence-corrected chi connectivity index (χ1v) is 10.1. The summed E-state index contributed by atoms with van der Waals surface area (Å²) in [7, 11) is 1.92. The maximum absolute atomic E-state index is 12.6. The van der Waals surface area contributed by atoms with Crippen LogP contribution in [0, 0.1) is 0 Å². The average molecular weight is 418 g/mol. The lowest BCUT2D eigenvalue weighted by Gasteiger charge is -2.01. The van der Waals surface area contributed by atoms with Crippen LogP contribution in [0.25, 0.3) is 20.3 Å². The lowest BCUT2D eigenvalue weighted by Crippen LogP contribution is -2.29. The van der Waals surface area contributed by atoms with Crippen LogP contribution in [0.15, 0.2) is 53.5 Å². The first kappa shape index (κ1) is 17.4. The van der Waals surface area contributed by atoms with Gasteiger partial charge >= 0.3 is 0 Å². The SMILES string of the molecule is Cn1c(=NC(=S)NC(=O)c2sc3ccccc3c2Cl)sc2ccccc21. The number of hydrogen-bond donors (Lipinski definition) is 1. The number of amides is 1. The molecular formula is C18H12ClN3OS3. The Kier molecular flexibility index (Phi) is 4.62. The van der Waals surface area contributed by atoms with E-state index in [0.717, 1.165) is 25.1 Å². The molecule has 1 N–H and O–H groups in total. The van der Waals surface area contributed by atoms with Gasteiger partial charge in [0.25, 0.3) is 5.91 Å². The Balaban J connectivity index is 1.63. The number of aromatic nitrogens is 1. The zero-order valence-electron chi connectivity index (χ0n) is 13.5. The fraction of sp³-hybridized carbons (Fsp3) is 0.0556. The van der Waals surface area contributed by atoms with Crippen molar-refractivity contribution in [3.63, 3.8) is 0 Å². The minimum atomic E-state index is -0.339. The Labute approximate surface area is 167 Å². The summed E-state index contributed by atoms with van der Waals surface area (Å²) >= 11 is 14.5. The molecule has 0 saturated heterocycles. The number of rotatable bonds is 1. The molecule has 0 saturated carbocycles. The van der Waals surface area contributed by atoms with Gasteiger partial charge in [0.1, 0.15) is 4.88 Å². The normalized spacial score (nSPS) is 12.0. The molecule has 4 aromatic rings. The summed E-state index contributed by atoms with van der Waals surface area (Å²) in [6.45, 7) is 0. The summed E-state index contributed by atoms with van der Waals surface area (Å²) in [5.74, 6) is -0.339. The number of thiazole rings is 1. The molecule has 26 heavy (non-hydrogen) atoms. The van der Waals surface area contributed by atoms with Crippen molar-refractivity contribution in [2.24, 2.45) is 12.0 Å². The Morgan fingerprint density at radius 2 is 1.81 bits per heavy atom. The molecule has 0 spiro atoms. The van der Waals surface area contributed by atoms with E-state index in [1.807, 2.05) is 60.1 Å². The fourth-order valence-electron chi connectivity index (χ4n) is 2.62. The van der Waals surface area contributed by atoms with Gasteiger partial charge < -0.3 is 4.57 Å². The molecule has 1 amide bonds. The molecule has 0 bridgehead atoms. The third-order valence-electron chi connectivity index (χ3n) is 3.87. The smallest absolute Gasteiger partial charge is 0.269 e. The molecule has 0 atom stereocenters. The number of thiophene rings is 1. The van der Waals surface area contributed by atoms with E-state index in [1.165, 1.54) is 22.7 Å². The number of thiocarbonyl (C=S) groups is 1. The summed E-state index contributed by atoms with van der Waals surface area (Å²) in [6, 6.07) is 15.6. The van der Waals surface area contributed by atoms with Gasteiger partial charge in [-0.3, -0.25) is 10.1 Å². The van der Waals surface area contributed by atoms with Crippen LogP contribution in [0.4, 0.5) is 0 Å². The van der Waals surface area contributed by atoms with Crippen LogP contribution in [0.2, 0.25) is 5.02 Å². The lowest BCUT2D eigenvalue weighted by atomic mass is 10.2. The highest BCUT2D eigenvalue weighted by atomic mass is 35.5. The van der Waals surface area contributed by atoms with Gasteiger partial charge in [0.2, 0.25) is 5.11 Å². The molecule has 4 rings (SSSR count). The second-order valence-corrected chi connectivity index (χ2v) is 8.35. The number of carbonyl (C=O) groups excluding carboxylic acids is 1. The van der Waals surface area contributed by atoms with Crippen LogP contribution in [0.1, 0.15) is 9.67 Å². The molecule has 0 fully saturated rings. The molecule has 0 aliphatic carbocycles. The van der Waals surface area contributed by atoms with Crippen LogP contribution in [-0.2, 0) is 7.05 Å². The van der Waals surface area contributed by atoms with Gasteiger partial charge in [0, 0.05) is 17.1 Å². The molecule has 0 unspecified atom stereocenters. The quantitative estimate of drug-likeness (QED) is 0.455. The number of carbonyl (C=O) groups is 1. The Hall–Kier alpha value is -2.06. The largest absolute Gasteiger partial charge is 0.319 e. The van der Waals surface area contributed by atoms with Gasteiger partial charge in [-0.15, -0.1) is 11.3 Å². The third kappa shape index (κ3) is 3.07. The molecule has 2 heterocycles. The van der Waals surface area contributed by atoms with Crippen molar-refractivity contribution in [2.45, 2.75) is 0 Å². The molecule has 8 heteroatoms. The summed E-state index contributed by atoms with van der Waals surface area (Å²) in [4.78, 5) is 18.1. The Bertz CT molecular complexity index is 1240. The van der Waals surface area contributed by atoms with Crippen LogP contribution in [0.3, 0.4) is 0 Å². The zero-order valence-corrected chi connectivity index (χ0v) is 16.7. The standard InChI is InChI=1S/C18H12ClN3OS3/c1-22-11-7-3-5-9-13(11)26-18(22)21-17(24)20-16(23)15-14(19)10-6-2-4-8-12(10)25-15/h2-9H,1H3,(H,20,23,24). The number of benzene rings is 2. The van der Waals surface area contributed by atoms with Crippen molar-refractivity contribution >= 4 is 77.8 Å². The summed E-state index contributed by atoms with van der Waals surface area (Å²) in [5.41, 5.74) is 1.07. The minimum Gasteiger partial charge on any atom is -0.319 e. The lowest BCUT2D eigenvalue weighted by molar-refractivity contribution is 0.0981. The fourth-order valence-corrected chi connectivity index (χ4v) is 5.29. The van der Waals surface area contributed by atoms with Gasteiger partial charge in [0.05, 0.1) is 15.2 Å². The van der Waals surface area contributed by atoms with Crippen molar-refractivity contribution in [1.29, 1.82) is 0 Å². The molecule has 0 aliphatic heterocycles. The van der Waals surface area contributed by atoms with Gasteiger partial charge in [-0.1, -0.05) is 53.3 Å². The van der Waals surface area contributed by atoms with Crippen molar-refractivity contribution < 1.29 is 4.79 Å². The number of hydrogen-bond acceptors (Lipinski definition) is 4. The number of halogens is 1. The number of aryl methyl sites for hydroxylation is 1. The topological polar surface area (TPSA) is 46.4 Å². The van der Waals surface area contributed by atoms with Crippen LogP contribution in [0.5, 0.6) is 0 Å². The van der Waals surface area contributed by atoms with E-state index in [4.69, 9.17) is 23.8 Å². The minimum absolute atomic E-state index is 0.116. The van der Waals surface area contributed by atoms with E-state index in [2.05, 4.69) is 10.3 Å². The summed E-state index contributed by atoms with van der Waals surface area (Å²) in [5, 5.41) is 4.09. The second kappa shape index (κ2) is 6.92. The van der Waals surface area contributed by atoms with Crippen LogP contribution in [-0.4, -0.2) is 15.6 Å². The molecule has 0 radical (unpaired) electrons. The van der Waals surface area contributed by atoms with Crippen molar-refractivity contribution in [2.75, 3.05) is 0 Å². The number of fused-ring (bicyclic) bond motifs is 2. The third-order valence-corrected chi connectivity index (χ3v) is 6.85. The molecule has 2 aromatic heterocycles. The molecule has 4 nitrogen and oxygen atoms in total. The number of para-hydroxylation sites is 1. The van der Waals surface area contributed by atoms with Crippen molar-refractivity contribution in [3.8, 4) is 0 Å².